The maximum Gasteiger partial charge on any atom is 0.227 e. The molecular formula is C20H25NO4S. The van der Waals surface area contributed by atoms with Gasteiger partial charge in [0.25, 0.3) is 0 Å². The van der Waals surface area contributed by atoms with Crippen LogP contribution in [-0.4, -0.2) is 39.1 Å². The average molecular weight is 375 g/mol. The molecule has 0 saturated heterocycles. The van der Waals surface area contributed by atoms with E-state index in [9.17, 15) is 13.2 Å². The number of carbonyl (C=O) groups excluding carboxylic acids is 1. The molecule has 0 aliphatic rings. The predicted molar refractivity (Wildman–Crippen MR) is 102 cm³/mol. The molecule has 0 fully saturated rings. The third-order valence-electron chi connectivity index (χ3n) is 4.35. The third kappa shape index (κ3) is 5.08. The summed E-state index contributed by atoms with van der Waals surface area (Å²) in [6, 6.07) is 14.0. The van der Waals surface area contributed by atoms with Crippen LogP contribution in [0.5, 0.6) is 5.75 Å². The van der Waals surface area contributed by atoms with Gasteiger partial charge in [-0.05, 0) is 49.2 Å². The largest absolute Gasteiger partial charge is 0.494 e. The first-order valence-corrected chi connectivity index (χ1v) is 10.4. The number of nitrogens with zero attached hydrogens (tertiary/aromatic N) is 1. The van der Waals surface area contributed by atoms with Crippen LogP contribution in [0.4, 0.5) is 0 Å². The van der Waals surface area contributed by atoms with Crippen molar-refractivity contribution in [1.82, 2.24) is 4.90 Å². The van der Waals surface area contributed by atoms with E-state index in [-0.39, 0.29) is 16.8 Å². The van der Waals surface area contributed by atoms with Crippen molar-refractivity contribution in [2.45, 2.75) is 31.2 Å². The van der Waals surface area contributed by atoms with E-state index < -0.39 is 9.84 Å². The van der Waals surface area contributed by atoms with Gasteiger partial charge in [0.1, 0.15) is 5.75 Å². The van der Waals surface area contributed by atoms with Crippen molar-refractivity contribution in [3.05, 3.63) is 59.7 Å². The van der Waals surface area contributed by atoms with Gasteiger partial charge < -0.3 is 9.64 Å². The summed E-state index contributed by atoms with van der Waals surface area (Å²) in [5, 5.41) is 0. The van der Waals surface area contributed by atoms with Gasteiger partial charge in [-0.2, -0.15) is 0 Å². The Balaban J connectivity index is 2.04. The highest BCUT2D eigenvalue weighted by Crippen LogP contribution is 2.22. The molecule has 0 saturated carbocycles. The van der Waals surface area contributed by atoms with Crippen LogP contribution < -0.4 is 4.74 Å². The number of likely N-dealkylation sites (N-methyl/N-ethyl adjacent to an activating group) is 1. The van der Waals surface area contributed by atoms with E-state index in [2.05, 4.69) is 0 Å². The van der Waals surface area contributed by atoms with Gasteiger partial charge in [-0.1, -0.05) is 24.3 Å². The summed E-state index contributed by atoms with van der Waals surface area (Å²) in [7, 11) is -1.47. The van der Waals surface area contributed by atoms with Crippen LogP contribution >= 0.6 is 0 Å². The second-order valence-corrected chi connectivity index (χ2v) is 8.29. The molecule has 2 aromatic rings. The van der Waals surface area contributed by atoms with E-state index in [0.29, 0.717) is 13.0 Å². The molecule has 26 heavy (non-hydrogen) atoms. The standard InChI is InChI=1S/C20H25NO4S/c1-5-25-18-10-6-16(7-11-18)14-20(22)21(3)15(2)17-8-12-19(13-9-17)26(4,23)24/h6-13,15H,5,14H2,1-4H3. The Hall–Kier alpha value is -2.34. The molecule has 2 rings (SSSR count). The van der Waals surface area contributed by atoms with Crippen molar-refractivity contribution in [2.24, 2.45) is 0 Å². The summed E-state index contributed by atoms with van der Waals surface area (Å²) in [4.78, 5) is 14.5. The smallest absolute Gasteiger partial charge is 0.227 e. The van der Waals surface area contributed by atoms with E-state index in [1.165, 1.54) is 6.26 Å². The first kappa shape index (κ1) is 20.0. The molecule has 0 aromatic heterocycles. The van der Waals surface area contributed by atoms with Gasteiger partial charge in [-0.3, -0.25) is 4.79 Å². The Morgan fingerprint density at radius 1 is 1.08 bits per heavy atom. The van der Waals surface area contributed by atoms with Gasteiger partial charge in [0.15, 0.2) is 9.84 Å². The first-order valence-electron chi connectivity index (χ1n) is 8.49. The molecule has 0 heterocycles. The van der Waals surface area contributed by atoms with Crippen LogP contribution in [-0.2, 0) is 21.1 Å². The van der Waals surface area contributed by atoms with E-state index in [1.54, 1.807) is 36.2 Å². The topological polar surface area (TPSA) is 63.7 Å². The summed E-state index contributed by atoms with van der Waals surface area (Å²) < 4.78 is 28.5. The zero-order chi connectivity index (χ0) is 19.3. The van der Waals surface area contributed by atoms with Gasteiger partial charge in [0.05, 0.1) is 24.0 Å². The zero-order valence-corrected chi connectivity index (χ0v) is 16.4. The fourth-order valence-electron chi connectivity index (χ4n) is 2.60. The fourth-order valence-corrected chi connectivity index (χ4v) is 3.23. The lowest BCUT2D eigenvalue weighted by molar-refractivity contribution is -0.131. The molecule has 1 atom stereocenters. The average Bonchev–Trinajstić information content (AvgIpc) is 2.61. The van der Waals surface area contributed by atoms with Crippen LogP contribution in [0.2, 0.25) is 0 Å². The molecule has 1 unspecified atom stereocenters. The second kappa shape index (κ2) is 8.36. The van der Waals surface area contributed by atoms with Crippen LogP contribution in [0, 0.1) is 0 Å². The van der Waals surface area contributed by atoms with Crippen LogP contribution in [0.15, 0.2) is 53.4 Å². The minimum Gasteiger partial charge on any atom is -0.494 e. The zero-order valence-electron chi connectivity index (χ0n) is 15.6. The number of benzene rings is 2. The molecule has 2 aromatic carbocycles. The third-order valence-corrected chi connectivity index (χ3v) is 5.48. The van der Waals surface area contributed by atoms with E-state index in [4.69, 9.17) is 4.74 Å². The molecule has 0 radical (unpaired) electrons. The lowest BCUT2D eigenvalue weighted by atomic mass is 10.1. The quantitative estimate of drug-likeness (QED) is 0.745. The summed E-state index contributed by atoms with van der Waals surface area (Å²) in [6.07, 6.45) is 1.48. The van der Waals surface area contributed by atoms with Crippen molar-refractivity contribution in [3.63, 3.8) is 0 Å². The molecule has 0 N–H and O–H groups in total. The van der Waals surface area contributed by atoms with Crippen molar-refractivity contribution in [1.29, 1.82) is 0 Å². The highest BCUT2D eigenvalue weighted by atomic mass is 32.2. The van der Waals surface area contributed by atoms with Gasteiger partial charge in [-0.15, -0.1) is 0 Å². The minimum atomic E-state index is -3.22. The molecule has 0 aliphatic carbocycles. The predicted octanol–water partition coefficient (Wildman–Crippen LogP) is 3.25. The normalized spacial score (nSPS) is 12.5. The number of sulfone groups is 1. The molecule has 140 valence electrons. The monoisotopic (exact) mass is 375 g/mol. The van der Waals surface area contributed by atoms with Crippen molar-refractivity contribution >= 4 is 15.7 Å². The van der Waals surface area contributed by atoms with E-state index in [1.807, 2.05) is 38.1 Å². The maximum absolute atomic E-state index is 12.6. The molecule has 1 amide bonds. The van der Waals surface area contributed by atoms with Gasteiger partial charge >= 0.3 is 0 Å². The van der Waals surface area contributed by atoms with Crippen molar-refractivity contribution in [3.8, 4) is 5.75 Å². The number of hydrogen-bond donors (Lipinski definition) is 0. The van der Waals surface area contributed by atoms with Crippen molar-refractivity contribution < 1.29 is 17.9 Å². The fraction of sp³-hybridized carbons (Fsp3) is 0.350. The second-order valence-electron chi connectivity index (χ2n) is 6.28. The molecular weight excluding hydrogens is 350 g/mol. The summed E-state index contributed by atoms with van der Waals surface area (Å²) in [5.74, 6) is 0.783. The molecule has 0 bridgehead atoms. The number of hydrogen-bond acceptors (Lipinski definition) is 4. The summed E-state index contributed by atoms with van der Waals surface area (Å²) >= 11 is 0. The van der Waals surface area contributed by atoms with Gasteiger partial charge in [-0.25, -0.2) is 8.42 Å². The lowest BCUT2D eigenvalue weighted by Crippen LogP contribution is -2.31. The minimum absolute atomic E-state index is 0.00569. The SMILES string of the molecule is CCOc1ccc(CC(=O)N(C)C(C)c2ccc(S(C)(=O)=O)cc2)cc1. The van der Waals surface area contributed by atoms with Crippen molar-refractivity contribution in [2.75, 3.05) is 19.9 Å². The number of carbonyl (C=O) groups is 1. The number of rotatable bonds is 7. The Morgan fingerprint density at radius 2 is 1.65 bits per heavy atom. The van der Waals surface area contributed by atoms with Crippen LogP contribution in [0.3, 0.4) is 0 Å². The maximum atomic E-state index is 12.6. The van der Waals surface area contributed by atoms with E-state index in [0.717, 1.165) is 16.9 Å². The van der Waals surface area contributed by atoms with Crippen LogP contribution in [0.25, 0.3) is 0 Å². The highest BCUT2D eigenvalue weighted by molar-refractivity contribution is 7.90. The van der Waals surface area contributed by atoms with Gasteiger partial charge in [0, 0.05) is 13.3 Å². The molecule has 0 spiro atoms. The number of amides is 1. The summed E-state index contributed by atoms with van der Waals surface area (Å²) in [6.45, 7) is 4.46. The Morgan fingerprint density at radius 3 is 2.15 bits per heavy atom. The Labute approximate surface area is 155 Å². The first-order chi connectivity index (χ1) is 12.2. The number of ether oxygens (including phenoxy) is 1. The lowest BCUT2D eigenvalue weighted by Gasteiger charge is -2.25. The Bertz CT molecular complexity index is 842. The molecule has 0 aliphatic heterocycles. The van der Waals surface area contributed by atoms with Gasteiger partial charge in [0.2, 0.25) is 5.91 Å². The Kier molecular flexibility index (Phi) is 6.42. The van der Waals surface area contributed by atoms with Crippen LogP contribution in [0.1, 0.15) is 31.0 Å². The summed E-state index contributed by atoms with van der Waals surface area (Å²) in [5.41, 5.74) is 1.81. The molecule has 6 heteroatoms. The highest BCUT2D eigenvalue weighted by Gasteiger charge is 2.18. The van der Waals surface area contributed by atoms with E-state index >= 15 is 0 Å². The molecule has 5 nitrogen and oxygen atoms in total.